The summed E-state index contributed by atoms with van der Waals surface area (Å²) in [7, 11) is 0. The number of carbonyl (C=O) groups is 1. The lowest BCUT2D eigenvalue weighted by atomic mass is 9.84. The predicted molar refractivity (Wildman–Crippen MR) is 123 cm³/mol. The maximum absolute atomic E-state index is 13.6. The Morgan fingerprint density at radius 3 is 2.50 bits per heavy atom. The van der Waals surface area contributed by atoms with Gasteiger partial charge in [0.2, 0.25) is 5.91 Å². The van der Waals surface area contributed by atoms with Crippen LogP contribution in [0.15, 0.2) is 36.4 Å². The first kappa shape index (κ1) is 24.1. The summed E-state index contributed by atoms with van der Waals surface area (Å²) in [5.41, 5.74) is 3.86. The van der Waals surface area contributed by atoms with Gasteiger partial charge < -0.3 is 21.1 Å². The molecule has 2 aromatic rings. The number of rotatable bonds is 7. The number of benzene rings is 2. The van der Waals surface area contributed by atoms with E-state index in [2.05, 4.69) is 54.9 Å². The van der Waals surface area contributed by atoms with Crippen LogP contribution in [0.4, 0.5) is 14.5 Å². The van der Waals surface area contributed by atoms with Crippen LogP contribution in [-0.2, 0) is 16.6 Å². The molecule has 0 fully saturated rings. The van der Waals surface area contributed by atoms with E-state index in [4.69, 9.17) is 0 Å². The maximum Gasteiger partial charge on any atom is 0.217 e. The van der Waals surface area contributed by atoms with E-state index >= 15 is 0 Å². The number of amides is 1. The molecule has 0 unspecified atom stereocenters. The van der Waals surface area contributed by atoms with Crippen LogP contribution in [0.2, 0.25) is 0 Å². The molecule has 2 aromatic carbocycles. The predicted octanol–water partition coefficient (Wildman–Crippen LogP) is 3.82. The fraction of sp³-hybridized carbons (Fsp3) is 0.480. The van der Waals surface area contributed by atoms with Gasteiger partial charge in [-0.3, -0.25) is 4.79 Å². The van der Waals surface area contributed by atoms with Crippen LogP contribution in [0, 0.1) is 11.6 Å². The molecule has 0 bridgehead atoms. The lowest BCUT2D eigenvalue weighted by Gasteiger charge is -2.32. The molecule has 0 aromatic heterocycles. The zero-order chi connectivity index (χ0) is 23.5. The average Bonchev–Trinajstić information content (AvgIpc) is 2.69. The highest BCUT2D eigenvalue weighted by Crippen LogP contribution is 2.34. The van der Waals surface area contributed by atoms with E-state index in [1.807, 2.05) is 0 Å². The highest BCUT2D eigenvalue weighted by Gasteiger charge is 2.26. The summed E-state index contributed by atoms with van der Waals surface area (Å²) >= 11 is 0. The van der Waals surface area contributed by atoms with E-state index < -0.39 is 23.8 Å². The minimum absolute atomic E-state index is 0.0211. The van der Waals surface area contributed by atoms with Crippen molar-refractivity contribution in [3.8, 4) is 0 Å². The summed E-state index contributed by atoms with van der Waals surface area (Å²) in [5, 5.41) is 20.4. The molecular formula is C25H33F2N3O2. The van der Waals surface area contributed by atoms with E-state index in [0.717, 1.165) is 30.3 Å². The molecule has 3 atom stereocenters. The van der Waals surface area contributed by atoms with E-state index in [1.165, 1.54) is 24.6 Å². The summed E-state index contributed by atoms with van der Waals surface area (Å²) < 4.78 is 27.2. The molecule has 32 heavy (non-hydrogen) atoms. The lowest BCUT2D eigenvalue weighted by molar-refractivity contribution is -0.120. The first-order valence-electron chi connectivity index (χ1n) is 11.0. The van der Waals surface area contributed by atoms with Gasteiger partial charge in [0.15, 0.2) is 0 Å². The number of aliphatic hydroxyl groups is 1. The Hall–Kier alpha value is -2.51. The molecule has 1 heterocycles. The third-order valence-corrected chi connectivity index (χ3v) is 5.85. The second-order valence-electron chi connectivity index (χ2n) is 9.58. The number of fused-ring (bicyclic) bond motifs is 1. The van der Waals surface area contributed by atoms with Gasteiger partial charge in [-0.25, -0.2) is 8.78 Å². The van der Waals surface area contributed by atoms with Crippen LogP contribution in [-0.4, -0.2) is 36.2 Å². The lowest BCUT2D eigenvalue weighted by Crippen LogP contribution is -2.48. The highest BCUT2D eigenvalue weighted by molar-refractivity contribution is 5.73. The van der Waals surface area contributed by atoms with Crippen molar-refractivity contribution in [2.24, 2.45) is 0 Å². The summed E-state index contributed by atoms with van der Waals surface area (Å²) in [6.07, 6.45) is 0.0378. The Morgan fingerprint density at radius 1 is 1.19 bits per heavy atom. The van der Waals surface area contributed by atoms with Gasteiger partial charge in [0.25, 0.3) is 0 Å². The molecule has 4 N–H and O–H groups in total. The normalized spacial score (nSPS) is 17.8. The molecular weight excluding hydrogens is 412 g/mol. The molecule has 0 spiro atoms. The van der Waals surface area contributed by atoms with Gasteiger partial charge >= 0.3 is 0 Å². The first-order valence-corrected chi connectivity index (χ1v) is 11.0. The molecule has 0 radical (unpaired) electrons. The van der Waals surface area contributed by atoms with Crippen molar-refractivity contribution in [1.29, 1.82) is 0 Å². The van der Waals surface area contributed by atoms with Crippen molar-refractivity contribution in [1.82, 2.24) is 10.6 Å². The number of hydrogen-bond donors (Lipinski definition) is 4. The Bertz CT molecular complexity index is 938. The zero-order valence-electron chi connectivity index (χ0n) is 19.1. The van der Waals surface area contributed by atoms with Crippen molar-refractivity contribution in [2.45, 2.75) is 64.1 Å². The molecule has 1 amide bonds. The number of halogens is 2. The SMILES string of the molecule is CC(=O)N[C@@H](Cc1cc(F)cc(F)c1)[C@H](O)CN[C@H]1CCNc2ccc(C(C)(C)C)cc21. The van der Waals surface area contributed by atoms with E-state index in [-0.39, 0.29) is 30.3 Å². The van der Waals surface area contributed by atoms with Crippen LogP contribution < -0.4 is 16.0 Å². The van der Waals surface area contributed by atoms with E-state index in [1.54, 1.807) is 0 Å². The number of aliphatic hydroxyl groups excluding tert-OH is 1. The molecule has 3 rings (SSSR count). The zero-order valence-corrected chi connectivity index (χ0v) is 19.1. The van der Waals surface area contributed by atoms with Crippen LogP contribution >= 0.6 is 0 Å². The van der Waals surface area contributed by atoms with Gasteiger partial charge in [0, 0.05) is 37.8 Å². The maximum atomic E-state index is 13.6. The van der Waals surface area contributed by atoms with Crippen LogP contribution in [0.1, 0.15) is 56.8 Å². The molecule has 1 aliphatic rings. The second kappa shape index (κ2) is 9.96. The number of hydrogen-bond acceptors (Lipinski definition) is 4. The van der Waals surface area contributed by atoms with Crippen LogP contribution in [0.5, 0.6) is 0 Å². The smallest absolute Gasteiger partial charge is 0.217 e. The Balaban J connectivity index is 1.72. The molecule has 7 heteroatoms. The van der Waals surface area contributed by atoms with Gasteiger partial charge in [-0.1, -0.05) is 32.9 Å². The molecule has 0 saturated heterocycles. The number of carbonyl (C=O) groups excluding carboxylic acids is 1. The average molecular weight is 446 g/mol. The summed E-state index contributed by atoms with van der Waals surface area (Å²) in [6.45, 7) is 8.91. The van der Waals surface area contributed by atoms with Gasteiger partial charge in [-0.15, -0.1) is 0 Å². The fourth-order valence-electron chi connectivity index (χ4n) is 4.13. The molecule has 0 saturated carbocycles. The molecule has 0 aliphatic carbocycles. The first-order chi connectivity index (χ1) is 15.0. The van der Waals surface area contributed by atoms with Crippen molar-refractivity contribution >= 4 is 11.6 Å². The van der Waals surface area contributed by atoms with Crippen molar-refractivity contribution in [3.05, 3.63) is 64.7 Å². The standard InChI is InChI=1S/C25H33F2N3O2/c1-15(31)30-23(11-16-9-18(26)13-19(27)10-16)24(32)14-29-22-7-8-28-21-6-5-17(12-20(21)22)25(2,3)4/h5-6,9-10,12-13,22-24,28-29,32H,7-8,11,14H2,1-4H3,(H,30,31)/t22-,23-,24+/m0/s1. The fourth-order valence-corrected chi connectivity index (χ4v) is 4.13. The van der Waals surface area contributed by atoms with Crippen LogP contribution in [0.3, 0.4) is 0 Å². The Morgan fingerprint density at radius 2 is 1.88 bits per heavy atom. The van der Waals surface area contributed by atoms with Gasteiger partial charge in [-0.05, 0) is 53.1 Å². The van der Waals surface area contributed by atoms with Gasteiger partial charge in [0.05, 0.1) is 12.1 Å². The van der Waals surface area contributed by atoms with Crippen molar-refractivity contribution in [2.75, 3.05) is 18.4 Å². The minimum Gasteiger partial charge on any atom is -0.390 e. The minimum atomic E-state index is -0.936. The molecule has 174 valence electrons. The number of nitrogens with one attached hydrogen (secondary N) is 3. The third-order valence-electron chi connectivity index (χ3n) is 5.85. The van der Waals surface area contributed by atoms with Crippen LogP contribution in [0.25, 0.3) is 0 Å². The molecule has 1 aliphatic heterocycles. The monoisotopic (exact) mass is 445 g/mol. The third kappa shape index (κ3) is 6.26. The second-order valence-corrected chi connectivity index (χ2v) is 9.58. The highest BCUT2D eigenvalue weighted by atomic mass is 19.1. The Labute approximate surface area is 188 Å². The van der Waals surface area contributed by atoms with Gasteiger partial charge in [-0.2, -0.15) is 0 Å². The summed E-state index contributed by atoms with van der Waals surface area (Å²) in [6, 6.07) is 9.04. The largest absolute Gasteiger partial charge is 0.390 e. The van der Waals surface area contributed by atoms with E-state index in [9.17, 15) is 18.7 Å². The number of anilines is 1. The topological polar surface area (TPSA) is 73.4 Å². The Kier molecular flexibility index (Phi) is 7.51. The quantitative estimate of drug-likeness (QED) is 0.523. The molecule has 5 nitrogen and oxygen atoms in total. The summed E-state index contributed by atoms with van der Waals surface area (Å²) in [5.74, 6) is -1.68. The van der Waals surface area contributed by atoms with Crippen molar-refractivity contribution in [3.63, 3.8) is 0 Å². The van der Waals surface area contributed by atoms with Gasteiger partial charge in [0.1, 0.15) is 11.6 Å². The van der Waals surface area contributed by atoms with E-state index in [0.29, 0.717) is 5.56 Å². The van der Waals surface area contributed by atoms with Crippen molar-refractivity contribution < 1.29 is 18.7 Å². The summed E-state index contributed by atoms with van der Waals surface area (Å²) in [4.78, 5) is 11.7.